The van der Waals surface area contributed by atoms with Crippen LogP contribution in [0.1, 0.15) is 42.4 Å². The van der Waals surface area contributed by atoms with E-state index < -0.39 is 0 Å². The maximum Gasteiger partial charge on any atom is 0.274 e. The quantitative estimate of drug-likeness (QED) is 0.853. The van der Waals surface area contributed by atoms with Crippen LogP contribution in [0.2, 0.25) is 0 Å². The number of hydrogen-bond acceptors (Lipinski definition) is 5. The molecule has 24 heavy (non-hydrogen) atoms. The van der Waals surface area contributed by atoms with E-state index in [0.717, 1.165) is 32.6 Å². The number of carbonyl (C=O) groups is 1. The molecule has 2 aromatic heterocycles. The van der Waals surface area contributed by atoms with Crippen LogP contribution >= 0.6 is 0 Å². The van der Waals surface area contributed by atoms with Crippen molar-refractivity contribution in [2.75, 3.05) is 26.2 Å². The standard InChI is InChI=1S/C17H24N6O/c1-14(2)23-13-15(10-20-23)12-21-6-3-7-22(9-8-21)17(24)16-11-18-4-5-19-16/h4-5,10-11,13-14H,3,6-9,12H2,1-2H3. The molecule has 3 rings (SSSR count). The van der Waals surface area contributed by atoms with E-state index in [1.807, 2.05) is 15.8 Å². The van der Waals surface area contributed by atoms with Crippen LogP contribution in [0.4, 0.5) is 0 Å². The second-order valence-electron chi connectivity index (χ2n) is 6.43. The van der Waals surface area contributed by atoms with Gasteiger partial charge in [-0.1, -0.05) is 0 Å². The molecule has 0 aliphatic carbocycles. The lowest BCUT2D eigenvalue weighted by Gasteiger charge is -2.21. The molecule has 0 atom stereocenters. The van der Waals surface area contributed by atoms with Crippen molar-refractivity contribution in [3.8, 4) is 0 Å². The zero-order valence-electron chi connectivity index (χ0n) is 14.3. The summed E-state index contributed by atoms with van der Waals surface area (Å²) >= 11 is 0. The Labute approximate surface area is 142 Å². The van der Waals surface area contributed by atoms with Gasteiger partial charge in [0, 0.05) is 62.9 Å². The normalized spacial score (nSPS) is 16.4. The van der Waals surface area contributed by atoms with Crippen molar-refractivity contribution in [3.63, 3.8) is 0 Å². The molecular weight excluding hydrogens is 304 g/mol. The molecule has 0 N–H and O–H groups in total. The molecule has 0 radical (unpaired) electrons. The van der Waals surface area contributed by atoms with Gasteiger partial charge in [0.1, 0.15) is 5.69 Å². The third kappa shape index (κ3) is 3.97. The maximum atomic E-state index is 12.5. The first-order chi connectivity index (χ1) is 11.6. The fraction of sp³-hybridized carbons (Fsp3) is 0.529. The van der Waals surface area contributed by atoms with Crippen molar-refractivity contribution < 1.29 is 4.79 Å². The van der Waals surface area contributed by atoms with Crippen molar-refractivity contribution >= 4 is 5.91 Å². The Hall–Kier alpha value is -2.28. The smallest absolute Gasteiger partial charge is 0.274 e. The number of amides is 1. The Balaban J connectivity index is 1.57. The van der Waals surface area contributed by atoms with E-state index in [-0.39, 0.29) is 5.91 Å². The number of carbonyl (C=O) groups excluding carboxylic acids is 1. The van der Waals surface area contributed by atoms with Gasteiger partial charge in [-0.25, -0.2) is 4.98 Å². The maximum absolute atomic E-state index is 12.5. The molecule has 0 unspecified atom stereocenters. The SMILES string of the molecule is CC(C)n1cc(CN2CCCN(C(=O)c3cnccn3)CC2)cn1. The predicted octanol–water partition coefficient (Wildman–Crippen LogP) is 1.60. The van der Waals surface area contributed by atoms with Crippen molar-refractivity contribution in [2.45, 2.75) is 32.9 Å². The average Bonchev–Trinajstić information content (AvgIpc) is 2.94. The molecule has 128 valence electrons. The molecule has 0 spiro atoms. The molecule has 1 fully saturated rings. The van der Waals surface area contributed by atoms with Crippen LogP contribution in [-0.4, -0.2) is 61.6 Å². The summed E-state index contributed by atoms with van der Waals surface area (Å²) in [5, 5.41) is 4.40. The lowest BCUT2D eigenvalue weighted by Crippen LogP contribution is -2.35. The Morgan fingerprint density at radius 1 is 1.17 bits per heavy atom. The van der Waals surface area contributed by atoms with Crippen LogP contribution in [0.15, 0.2) is 31.0 Å². The lowest BCUT2D eigenvalue weighted by molar-refractivity contribution is 0.0754. The van der Waals surface area contributed by atoms with E-state index in [4.69, 9.17) is 0 Å². The highest BCUT2D eigenvalue weighted by Gasteiger charge is 2.21. The molecule has 2 aromatic rings. The Kier molecular flexibility index (Phi) is 5.20. The highest BCUT2D eigenvalue weighted by Crippen LogP contribution is 2.12. The van der Waals surface area contributed by atoms with Gasteiger partial charge in [-0.05, 0) is 20.3 Å². The minimum Gasteiger partial charge on any atom is -0.336 e. The van der Waals surface area contributed by atoms with Crippen molar-refractivity contribution in [1.82, 2.24) is 29.5 Å². The van der Waals surface area contributed by atoms with Crippen LogP contribution in [0.3, 0.4) is 0 Å². The first-order valence-electron chi connectivity index (χ1n) is 8.44. The first kappa shape index (κ1) is 16.6. The summed E-state index contributed by atoms with van der Waals surface area (Å²) in [4.78, 5) is 24.8. The van der Waals surface area contributed by atoms with Crippen LogP contribution in [0.25, 0.3) is 0 Å². The van der Waals surface area contributed by atoms with E-state index in [2.05, 4.69) is 40.0 Å². The molecule has 7 heteroatoms. The van der Waals surface area contributed by atoms with E-state index in [1.54, 1.807) is 12.4 Å². The summed E-state index contributed by atoms with van der Waals surface area (Å²) in [5.74, 6) is -0.0300. The summed E-state index contributed by atoms with van der Waals surface area (Å²) < 4.78 is 1.98. The average molecular weight is 328 g/mol. The number of hydrogen-bond donors (Lipinski definition) is 0. The Morgan fingerprint density at radius 2 is 2.04 bits per heavy atom. The van der Waals surface area contributed by atoms with Gasteiger partial charge in [-0.15, -0.1) is 0 Å². The third-order valence-corrected chi connectivity index (χ3v) is 4.25. The van der Waals surface area contributed by atoms with Crippen molar-refractivity contribution in [2.24, 2.45) is 0 Å². The molecule has 7 nitrogen and oxygen atoms in total. The second kappa shape index (κ2) is 7.53. The van der Waals surface area contributed by atoms with Gasteiger partial charge in [0.15, 0.2) is 0 Å². The van der Waals surface area contributed by atoms with Gasteiger partial charge >= 0.3 is 0 Å². The van der Waals surface area contributed by atoms with Gasteiger partial charge in [0.2, 0.25) is 0 Å². The molecule has 1 saturated heterocycles. The monoisotopic (exact) mass is 328 g/mol. The molecule has 0 saturated carbocycles. The van der Waals surface area contributed by atoms with Gasteiger partial charge in [0.05, 0.1) is 12.4 Å². The van der Waals surface area contributed by atoms with E-state index in [9.17, 15) is 4.79 Å². The topological polar surface area (TPSA) is 67.2 Å². The van der Waals surface area contributed by atoms with Crippen molar-refractivity contribution in [1.29, 1.82) is 0 Å². The van der Waals surface area contributed by atoms with Crippen LogP contribution in [-0.2, 0) is 6.54 Å². The molecule has 1 aliphatic heterocycles. The van der Waals surface area contributed by atoms with E-state index in [0.29, 0.717) is 18.3 Å². The molecule has 1 amide bonds. The molecule has 0 aromatic carbocycles. The van der Waals surface area contributed by atoms with E-state index >= 15 is 0 Å². The minimum atomic E-state index is -0.0300. The predicted molar refractivity (Wildman–Crippen MR) is 90.4 cm³/mol. The summed E-state index contributed by atoms with van der Waals surface area (Å²) in [5.41, 5.74) is 1.64. The lowest BCUT2D eigenvalue weighted by atomic mass is 10.3. The second-order valence-corrected chi connectivity index (χ2v) is 6.43. The molecule has 3 heterocycles. The summed E-state index contributed by atoms with van der Waals surface area (Å²) in [6.45, 7) is 8.44. The highest BCUT2D eigenvalue weighted by molar-refractivity contribution is 5.91. The van der Waals surface area contributed by atoms with Gasteiger partial charge in [0.25, 0.3) is 5.91 Å². The molecule has 1 aliphatic rings. The zero-order valence-corrected chi connectivity index (χ0v) is 14.3. The van der Waals surface area contributed by atoms with Gasteiger partial charge < -0.3 is 4.90 Å². The summed E-state index contributed by atoms with van der Waals surface area (Å²) in [7, 11) is 0. The first-order valence-corrected chi connectivity index (χ1v) is 8.44. The minimum absolute atomic E-state index is 0.0300. The van der Waals surface area contributed by atoms with Gasteiger partial charge in [-0.3, -0.25) is 19.4 Å². The fourth-order valence-electron chi connectivity index (χ4n) is 2.90. The van der Waals surface area contributed by atoms with Gasteiger partial charge in [-0.2, -0.15) is 5.10 Å². The summed E-state index contributed by atoms with van der Waals surface area (Å²) in [6, 6.07) is 0.378. The van der Waals surface area contributed by atoms with Crippen LogP contribution < -0.4 is 0 Å². The highest BCUT2D eigenvalue weighted by atomic mass is 16.2. The van der Waals surface area contributed by atoms with E-state index in [1.165, 1.54) is 11.8 Å². The Morgan fingerprint density at radius 3 is 2.75 bits per heavy atom. The Bertz CT molecular complexity index is 669. The van der Waals surface area contributed by atoms with Crippen LogP contribution in [0, 0.1) is 0 Å². The molecule has 0 bridgehead atoms. The van der Waals surface area contributed by atoms with Crippen molar-refractivity contribution in [3.05, 3.63) is 42.2 Å². The number of nitrogens with zero attached hydrogens (tertiary/aromatic N) is 6. The molecular formula is C17H24N6O. The third-order valence-electron chi connectivity index (χ3n) is 4.25. The zero-order chi connectivity index (χ0) is 16.9. The van der Waals surface area contributed by atoms with Crippen LogP contribution in [0.5, 0.6) is 0 Å². The summed E-state index contributed by atoms with van der Waals surface area (Å²) in [6.07, 6.45) is 9.68. The largest absolute Gasteiger partial charge is 0.336 e. The number of rotatable bonds is 4. The number of aromatic nitrogens is 4. The fourth-order valence-corrected chi connectivity index (χ4v) is 2.90.